The molecule has 1 aromatic rings. The van der Waals surface area contributed by atoms with Gasteiger partial charge in [-0.2, -0.15) is 5.26 Å². The van der Waals surface area contributed by atoms with Crippen molar-refractivity contribution in [3.8, 4) is 6.07 Å². The maximum absolute atomic E-state index is 11.9. The fourth-order valence-corrected chi connectivity index (χ4v) is 2.42. The Hall–Kier alpha value is -2.09. The number of anilines is 1. The van der Waals surface area contributed by atoms with Gasteiger partial charge in [-0.05, 0) is 32.3 Å². The van der Waals surface area contributed by atoms with E-state index in [0.717, 1.165) is 19.4 Å². The van der Waals surface area contributed by atoms with E-state index < -0.39 is 5.97 Å². The second-order valence-electron chi connectivity index (χ2n) is 4.74. The molecule has 2 heterocycles. The second kappa shape index (κ2) is 5.70. The number of carbonyl (C=O) groups excluding carboxylic acids is 1. The van der Waals surface area contributed by atoms with Gasteiger partial charge in [-0.1, -0.05) is 0 Å². The fraction of sp³-hybridized carbons (Fsp3) is 0.500. The Morgan fingerprint density at radius 2 is 2.37 bits per heavy atom. The van der Waals surface area contributed by atoms with E-state index in [-0.39, 0.29) is 0 Å². The zero-order chi connectivity index (χ0) is 13.8. The number of hydrogen-bond acceptors (Lipinski definition) is 5. The van der Waals surface area contributed by atoms with Crippen LogP contribution in [-0.4, -0.2) is 30.6 Å². The number of nitriles is 1. The lowest BCUT2D eigenvalue weighted by molar-refractivity contribution is 0.0601. The molecule has 5 nitrogen and oxygen atoms in total. The van der Waals surface area contributed by atoms with E-state index in [1.165, 1.54) is 19.7 Å². The van der Waals surface area contributed by atoms with Gasteiger partial charge < -0.3 is 9.64 Å². The predicted octanol–water partition coefficient (Wildman–Crippen LogP) is 2.12. The first-order valence-electron chi connectivity index (χ1n) is 6.42. The zero-order valence-corrected chi connectivity index (χ0v) is 11.2. The van der Waals surface area contributed by atoms with Crippen molar-refractivity contribution < 1.29 is 9.53 Å². The normalized spacial score (nSPS) is 18.8. The SMILES string of the molecule is COC(=O)c1cc(C#N)cnc1N1CCCCC1C. The van der Waals surface area contributed by atoms with Gasteiger partial charge in [0.2, 0.25) is 0 Å². The first-order chi connectivity index (χ1) is 9.17. The number of nitrogens with zero attached hydrogens (tertiary/aromatic N) is 3. The zero-order valence-electron chi connectivity index (χ0n) is 11.2. The largest absolute Gasteiger partial charge is 0.465 e. The molecule has 1 aliphatic heterocycles. The standard InChI is InChI=1S/C14H17N3O2/c1-10-5-3-4-6-17(10)13-12(14(18)19-2)7-11(8-15)9-16-13/h7,9-10H,3-6H2,1-2H3. The summed E-state index contributed by atoms with van der Waals surface area (Å²) in [5, 5.41) is 8.91. The van der Waals surface area contributed by atoms with Crippen molar-refractivity contribution in [2.75, 3.05) is 18.6 Å². The van der Waals surface area contributed by atoms with Crippen LogP contribution in [0.5, 0.6) is 0 Å². The summed E-state index contributed by atoms with van der Waals surface area (Å²) in [5.74, 6) is 0.176. The molecule has 1 fully saturated rings. The first kappa shape index (κ1) is 13.3. The molecule has 0 amide bonds. The van der Waals surface area contributed by atoms with Crippen LogP contribution in [0.1, 0.15) is 42.1 Å². The summed E-state index contributed by atoms with van der Waals surface area (Å²) >= 11 is 0. The molecule has 0 aromatic carbocycles. The number of aromatic nitrogens is 1. The molecule has 0 N–H and O–H groups in total. The summed E-state index contributed by atoms with van der Waals surface area (Å²) in [6.07, 6.45) is 4.87. The van der Waals surface area contributed by atoms with Gasteiger partial charge in [0.05, 0.1) is 12.7 Å². The van der Waals surface area contributed by atoms with Gasteiger partial charge in [-0.25, -0.2) is 9.78 Å². The molecule has 1 atom stereocenters. The third-order valence-corrected chi connectivity index (χ3v) is 3.48. The molecule has 0 aliphatic carbocycles. The maximum atomic E-state index is 11.9. The molecule has 0 spiro atoms. The highest BCUT2D eigenvalue weighted by Crippen LogP contribution is 2.26. The summed E-state index contributed by atoms with van der Waals surface area (Å²) in [4.78, 5) is 18.3. The lowest BCUT2D eigenvalue weighted by Crippen LogP contribution is -2.39. The third-order valence-electron chi connectivity index (χ3n) is 3.48. The minimum Gasteiger partial charge on any atom is -0.465 e. The minimum atomic E-state index is -0.447. The Bertz CT molecular complexity index is 522. The molecular weight excluding hydrogens is 242 g/mol. The smallest absolute Gasteiger partial charge is 0.341 e. The van der Waals surface area contributed by atoms with E-state index in [9.17, 15) is 4.79 Å². The van der Waals surface area contributed by atoms with Crippen LogP contribution in [0.3, 0.4) is 0 Å². The van der Waals surface area contributed by atoms with Gasteiger partial charge >= 0.3 is 5.97 Å². The lowest BCUT2D eigenvalue weighted by Gasteiger charge is -2.35. The second-order valence-corrected chi connectivity index (χ2v) is 4.74. The van der Waals surface area contributed by atoms with Crippen molar-refractivity contribution in [3.63, 3.8) is 0 Å². The van der Waals surface area contributed by atoms with E-state index in [4.69, 9.17) is 10.00 Å². The van der Waals surface area contributed by atoms with Crippen LogP contribution in [0, 0.1) is 11.3 Å². The highest BCUT2D eigenvalue weighted by atomic mass is 16.5. The average molecular weight is 259 g/mol. The van der Waals surface area contributed by atoms with Gasteiger partial charge in [-0.15, -0.1) is 0 Å². The molecule has 0 saturated carbocycles. The highest BCUT2D eigenvalue weighted by molar-refractivity contribution is 5.95. The van der Waals surface area contributed by atoms with E-state index in [1.807, 2.05) is 6.07 Å². The highest BCUT2D eigenvalue weighted by Gasteiger charge is 2.25. The Balaban J connectivity index is 2.43. The average Bonchev–Trinajstić information content (AvgIpc) is 2.46. The molecule has 1 aromatic heterocycles. The molecule has 1 saturated heterocycles. The lowest BCUT2D eigenvalue weighted by atomic mass is 10.0. The number of methoxy groups -OCH3 is 1. The van der Waals surface area contributed by atoms with Crippen LogP contribution in [0.2, 0.25) is 0 Å². The summed E-state index contributed by atoms with van der Waals surface area (Å²) < 4.78 is 4.79. The summed E-state index contributed by atoms with van der Waals surface area (Å²) in [6.45, 7) is 3.00. The quantitative estimate of drug-likeness (QED) is 0.761. The predicted molar refractivity (Wildman–Crippen MR) is 71.0 cm³/mol. The summed E-state index contributed by atoms with van der Waals surface area (Å²) in [6, 6.07) is 3.89. The number of carbonyl (C=O) groups is 1. The van der Waals surface area contributed by atoms with Crippen LogP contribution in [0.4, 0.5) is 5.82 Å². The van der Waals surface area contributed by atoms with Crippen molar-refractivity contribution in [1.29, 1.82) is 5.26 Å². The van der Waals surface area contributed by atoms with Gasteiger partial charge in [0.25, 0.3) is 0 Å². The Morgan fingerprint density at radius 1 is 1.58 bits per heavy atom. The molecule has 1 unspecified atom stereocenters. The van der Waals surface area contributed by atoms with Crippen molar-refractivity contribution in [2.24, 2.45) is 0 Å². The molecule has 100 valence electrons. The molecule has 5 heteroatoms. The van der Waals surface area contributed by atoms with Gasteiger partial charge in [0, 0.05) is 18.8 Å². The molecule has 19 heavy (non-hydrogen) atoms. The van der Waals surface area contributed by atoms with Crippen molar-refractivity contribution >= 4 is 11.8 Å². The van der Waals surface area contributed by atoms with Crippen molar-refractivity contribution in [3.05, 3.63) is 23.4 Å². The van der Waals surface area contributed by atoms with Crippen LogP contribution in [0.15, 0.2) is 12.3 Å². The minimum absolute atomic E-state index is 0.345. The number of esters is 1. The van der Waals surface area contributed by atoms with Gasteiger partial charge in [-0.3, -0.25) is 0 Å². The number of hydrogen-bond donors (Lipinski definition) is 0. The molecular formula is C14H17N3O2. The third kappa shape index (κ3) is 2.68. The number of rotatable bonds is 2. The van der Waals surface area contributed by atoms with Gasteiger partial charge in [0.1, 0.15) is 17.5 Å². The monoisotopic (exact) mass is 259 g/mol. The van der Waals surface area contributed by atoms with Crippen LogP contribution in [-0.2, 0) is 4.74 Å². The van der Waals surface area contributed by atoms with E-state index >= 15 is 0 Å². The number of ether oxygens (including phenoxy) is 1. The van der Waals surface area contributed by atoms with Crippen molar-refractivity contribution in [1.82, 2.24) is 4.98 Å². The van der Waals surface area contributed by atoms with E-state index in [1.54, 1.807) is 6.07 Å². The Morgan fingerprint density at radius 3 is 3.00 bits per heavy atom. The van der Waals surface area contributed by atoms with Crippen LogP contribution in [0.25, 0.3) is 0 Å². The number of pyridine rings is 1. The Kier molecular flexibility index (Phi) is 4.00. The maximum Gasteiger partial charge on any atom is 0.341 e. The molecule has 0 bridgehead atoms. The van der Waals surface area contributed by atoms with Crippen LogP contribution >= 0.6 is 0 Å². The summed E-state index contributed by atoms with van der Waals surface area (Å²) in [5.41, 5.74) is 0.740. The summed E-state index contributed by atoms with van der Waals surface area (Å²) in [7, 11) is 1.34. The first-order valence-corrected chi connectivity index (χ1v) is 6.42. The Labute approximate surface area is 112 Å². The van der Waals surface area contributed by atoms with Crippen molar-refractivity contribution in [2.45, 2.75) is 32.2 Å². The topological polar surface area (TPSA) is 66.2 Å². The van der Waals surface area contributed by atoms with Crippen LogP contribution < -0.4 is 4.90 Å². The fourth-order valence-electron chi connectivity index (χ4n) is 2.42. The van der Waals surface area contributed by atoms with E-state index in [2.05, 4.69) is 16.8 Å². The number of piperidine rings is 1. The molecule has 1 aliphatic rings. The molecule has 0 radical (unpaired) electrons. The van der Waals surface area contributed by atoms with Gasteiger partial charge in [0.15, 0.2) is 0 Å². The van der Waals surface area contributed by atoms with E-state index in [0.29, 0.717) is 23.0 Å². The molecule has 2 rings (SSSR count).